The van der Waals surface area contributed by atoms with E-state index in [2.05, 4.69) is 21.4 Å². The van der Waals surface area contributed by atoms with Crippen LogP contribution in [-0.2, 0) is 17.8 Å². The monoisotopic (exact) mass is 394 g/mol. The molecule has 3 heterocycles. The summed E-state index contributed by atoms with van der Waals surface area (Å²) in [5.74, 6) is -0.346. The lowest BCUT2D eigenvalue weighted by Gasteiger charge is -2.06. The molecular weight excluding hydrogens is 376 g/mol. The van der Waals surface area contributed by atoms with Gasteiger partial charge >= 0.3 is 0 Å². The van der Waals surface area contributed by atoms with Crippen LogP contribution in [-0.4, -0.2) is 30.9 Å². The zero-order valence-electron chi connectivity index (χ0n) is 16.1. The van der Waals surface area contributed by atoms with Crippen molar-refractivity contribution < 1.29 is 4.79 Å². The highest BCUT2D eigenvalue weighted by Crippen LogP contribution is 2.22. The number of benzene rings is 2. The molecular formula is C23H18N6O. The molecule has 5 rings (SSSR count). The molecule has 0 saturated carbocycles. The maximum absolute atomic E-state index is 11.1. The number of pyridine rings is 2. The SMILES string of the molecule is NC(=O)Cc1ccc(-c2ccc3nnn(Cc4ccc5ncccc5c4)c3n2)cc1. The van der Waals surface area contributed by atoms with Gasteiger partial charge in [-0.2, -0.15) is 0 Å². The Kier molecular flexibility index (Phi) is 4.40. The van der Waals surface area contributed by atoms with Gasteiger partial charge in [0, 0.05) is 17.1 Å². The Hall–Kier alpha value is -4.13. The van der Waals surface area contributed by atoms with Gasteiger partial charge in [0.2, 0.25) is 5.91 Å². The van der Waals surface area contributed by atoms with Gasteiger partial charge < -0.3 is 5.73 Å². The van der Waals surface area contributed by atoms with Crippen molar-refractivity contribution in [2.75, 3.05) is 0 Å². The second-order valence-corrected chi connectivity index (χ2v) is 7.16. The van der Waals surface area contributed by atoms with E-state index < -0.39 is 0 Å². The molecule has 2 N–H and O–H groups in total. The first-order valence-electron chi connectivity index (χ1n) is 9.57. The molecule has 0 aliphatic heterocycles. The van der Waals surface area contributed by atoms with Gasteiger partial charge in [-0.25, -0.2) is 9.67 Å². The first-order chi connectivity index (χ1) is 14.7. The molecule has 0 aliphatic rings. The number of nitrogens with zero attached hydrogens (tertiary/aromatic N) is 5. The van der Waals surface area contributed by atoms with Gasteiger partial charge in [0.15, 0.2) is 5.65 Å². The van der Waals surface area contributed by atoms with Gasteiger partial charge in [-0.3, -0.25) is 9.78 Å². The summed E-state index contributed by atoms with van der Waals surface area (Å²) in [6.07, 6.45) is 2.02. The maximum atomic E-state index is 11.1. The molecule has 0 saturated heterocycles. The number of aromatic nitrogens is 5. The second kappa shape index (κ2) is 7.36. The number of hydrogen-bond donors (Lipinski definition) is 1. The van der Waals surface area contributed by atoms with E-state index in [9.17, 15) is 4.79 Å². The van der Waals surface area contributed by atoms with E-state index in [1.54, 1.807) is 10.9 Å². The minimum atomic E-state index is -0.346. The van der Waals surface area contributed by atoms with Crippen molar-refractivity contribution in [2.24, 2.45) is 5.73 Å². The van der Waals surface area contributed by atoms with Crippen LogP contribution in [0.4, 0.5) is 0 Å². The van der Waals surface area contributed by atoms with Crippen LogP contribution in [0.5, 0.6) is 0 Å². The van der Waals surface area contributed by atoms with Crippen LogP contribution in [0.1, 0.15) is 11.1 Å². The highest BCUT2D eigenvalue weighted by atomic mass is 16.1. The van der Waals surface area contributed by atoms with Gasteiger partial charge in [0.25, 0.3) is 0 Å². The number of rotatable bonds is 5. The van der Waals surface area contributed by atoms with Gasteiger partial charge in [0.05, 0.1) is 24.2 Å². The molecule has 2 aromatic carbocycles. The number of primary amides is 1. The molecule has 30 heavy (non-hydrogen) atoms. The lowest BCUT2D eigenvalue weighted by Crippen LogP contribution is -2.13. The summed E-state index contributed by atoms with van der Waals surface area (Å²) < 4.78 is 1.80. The largest absolute Gasteiger partial charge is 0.369 e. The van der Waals surface area contributed by atoms with Crippen molar-refractivity contribution in [1.82, 2.24) is 25.0 Å². The first-order valence-corrected chi connectivity index (χ1v) is 9.57. The van der Waals surface area contributed by atoms with Crippen LogP contribution in [0.3, 0.4) is 0 Å². The molecule has 0 spiro atoms. The van der Waals surface area contributed by atoms with Crippen LogP contribution in [0.2, 0.25) is 0 Å². The van der Waals surface area contributed by atoms with E-state index in [-0.39, 0.29) is 12.3 Å². The molecule has 0 radical (unpaired) electrons. The standard InChI is InChI=1S/C23H18N6O/c24-22(30)13-15-3-6-17(7-4-15)20-9-10-21-23(26-20)29(28-27-21)14-16-5-8-19-18(12-16)2-1-11-25-19/h1-12H,13-14H2,(H2,24,30). The number of carbonyl (C=O) groups is 1. The maximum Gasteiger partial charge on any atom is 0.221 e. The Labute approximate surface area is 172 Å². The van der Waals surface area contributed by atoms with Gasteiger partial charge in [0.1, 0.15) is 5.52 Å². The average molecular weight is 394 g/mol. The fraction of sp³-hybridized carbons (Fsp3) is 0.0870. The van der Waals surface area contributed by atoms with E-state index in [4.69, 9.17) is 10.7 Å². The quantitative estimate of drug-likeness (QED) is 0.494. The summed E-state index contributed by atoms with van der Waals surface area (Å²) in [7, 11) is 0. The van der Waals surface area contributed by atoms with Crippen molar-refractivity contribution in [2.45, 2.75) is 13.0 Å². The van der Waals surface area contributed by atoms with Gasteiger partial charge in [-0.15, -0.1) is 5.10 Å². The van der Waals surface area contributed by atoms with Crippen LogP contribution in [0.25, 0.3) is 33.3 Å². The van der Waals surface area contributed by atoms with Crippen molar-refractivity contribution in [3.05, 3.63) is 84.1 Å². The molecule has 0 aliphatic carbocycles. The predicted octanol–water partition coefficient (Wildman–Crippen LogP) is 3.12. The number of amides is 1. The Morgan fingerprint density at radius 2 is 1.73 bits per heavy atom. The minimum Gasteiger partial charge on any atom is -0.369 e. The number of fused-ring (bicyclic) bond motifs is 2. The number of hydrogen-bond acceptors (Lipinski definition) is 5. The Bertz CT molecular complexity index is 1370. The molecule has 0 unspecified atom stereocenters. The third kappa shape index (κ3) is 3.48. The summed E-state index contributed by atoms with van der Waals surface area (Å²) in [6, 6.07) is 21.7. The zero-order chi connectivity index (χ0) is 20.5. The zero-order valence-corrected chi connectivity index (χ0v) is 16.1. The molecule has 7 heteroatoms. The van der Waals surface area contributed by atoms with Crippen molar-refractivity contribution in [1.29, 1.82) is 0 Å². The third-order valence-electron chi connectivity index (χ3n) is 4.99. The summed E-state index contributed by atoms with van der Waals surface area (Å²) in [5.41, 5.74) is 11.4. The molecule has 0 bridgehead atoms. The molecule has 146 valence electrons. The van der Waals surface area contributed by atoms with E-state index in [1.807, 2.05) is 60.7 Å². The fourth-order valence-electron chi connectivity index (χ4n) is 3.51. The van der Waals surface area contributed by atoms with Crippen molar-refractivity contribution in [3.63, 3.8) is 0 Å². The van der Waals surface area contributed by atoms with E-state index >= 15 is 0 Å². The third-order valence-corrected chi connectivity index (χ3v) is 4.99. The summed E-state index contributed by atoms with van der Waals surface area (Å²) >= 11 is 0. The Balaban J connectivity index is 1.47. The fourth-order valence-corrected chi connectivity index (χ4v) is 3.51. The number of carbonyl (C=O) groups excluding carboxylic acids is 1. The van der Waals surface area contributed by atoms with E-state index in [0.717, 1.165) is 44.5 Å². The summed E-state index contributed by atoms with van der Waals surface area (Å²) in [4.78, 5) is 20.2. The van der Waals surface area contributed by atoms with Crippen LogP contribution in [0.15, 0.2) is 72.9 Å². The molecule has 0 fully saturated rings. The summed E-state index contributed by atoms with van der Waals surface area (Å²) in [6.45, 7) is 0.565. The average Bonchev–Trinajstić information content (AvgIpc) is 3.16. The molecule has 1 amide bonds. The Morgan fingerprint density at radius 1 is 0.933 bits per heavy atom. The lowest BCUT2D eigenvalue weighted by molar-refractivity contribution is -0.117. The van der Waals surface area contributed by atoms with Crippen LogP contribution in [0, 0.1) is 0 Å². The first kappa shape index (κ1) is 17.9. The molecule has 5 aromatic rings. The highest BCUT2D eigenvalue weighted by molar-refractivity contribution is 5.79. The Morgan fingerprint density at radius 3 is 2.57 bits per heavy atom. The van der Waals surface area contributed by atoms with E-state index in [1.165, 1.54) is 0 Å². The van der Waals surface area contributed by atoms with E-state index in [0.29, 0.717) is 6.54 Å². The minimum absolute atomic E-state index is 0.227. The van der Waals surface area contributed by atoms with Crippen molar-refractivity contribution >= 4 is 28.0 Å². The van der Waals surface area contributed by atoms with Crippen molar-refractivity contribution in [3.8, 4) is 11.3 Å². The molecule has 0 atom stereocenters. The lowest BCUT2D eigenvalue weighted by atomic mass is 10.1. The summed E-state index contributed by atoms with van der Waals surface area (Å²) in [5, 5.41) is 9.62. The van der Waals surface area contributed by atoms with Gasteiger partial charge in [-0.1, -0.05) is 41.6 Å². The predicted molar refractivity (Wildman–Crippen MR) is 115 cm³/mol. The smallest absolute Gasteiger partial charge is 0.221 e. The molecule has 7 nitrogen and oxygen atoms in total. The normalized spacial score (nSPS) is 11.2. The number of nitrogens with two attached hydrogens (primary N) is 1. The van der Waals surface area contributed by atoms with Crippen LogP contribution >= 0.6 is 0 Å². The van der Waals surface area contributed by atoms with Crippen LogP contribution < -0.4 is 5.73 Å². The molecule has 3 aromatic heterocycles. The topological polar surface area (TPSA) is 99.6 Å². The second-order valence-electron chi connectivity index (χ2n) is 7.16. The highest BCUT2D eigenvalue weighted by Gasteiger charge is 2.10. The van der Waals surface area contributed by atoms with Gasteiger partial charge in [-0.05, 0) is 41.5 Å².